The highest BCUT2D eigenvalue weighted by Gasteiger charge is 2.51. The first kappa shape index (κ1) is 58.3. The minimum atomic E-state index is -1.79. The summed E-state index contributed by atoms with van der Waals surface area (Å²) in [5.74, 6) is -0.342. The van der Waals surface area contributed by atoms with Crippen molar-refractivity contribution in [1.82, 2.24) is 5.32 Å². The predicted octanol–water partition coefficient (Wildman–Crippen LogP) is 6.32. The Bertz CT molecular complexity index is 1220. The Hall–Kier alpha value is -1.79. The van der Waals surface area contributed by atoms with Crippen LogP contribution in [0.5, 0.6) is 0 Å². The Morgan fingerprint density at radius 2 is 0.984 bits per heavy atom. The molecule has 0 spiro atoms. The number of hydrogen-bond acceptors (Lipinski definition) is 13. The van der Waals surface area contributed by atoms with Crippen LogP contribution < -0.4 is 5.32 Å². The second-order valence-corrected chi connectivity index (χ2v) is 17.9. The van der Waals surface area contributed by atoms with Crippen LogP contribution in [0.1, 0.15) is 181 Å². The Labute approximate surface area is 385 Å². The van der Waals surface area contributed by atoms with Crippen LogP contribution in [0.2, 0.25) is 0 Å². The smallest absolute Gasteiger partial charge is 0.220 e. The van der Waals surface area contributed by atoms with E-state index in [-0.39, 0.29) is 18.9 Å². The molecular weight excluding hydrogens is 823 g/mol. The number of rotatable bonds is 38. The third-order valence-electron chi connectivity index (χ3n) is 12.4. The van der Waals surface area contributed by atoms with E-state index in [1.807, 2.05) is 6.08 Å². The second-order valence-electron chi connectivity index (χ2n) is 17.9. The molecule has 0 bridgehead atoms. The fourth-order valence-corrected chi connectivity index (χ4v) is 8.17. The van der Waals surface area contributed by atoms with E-state index in [2.05, 4.69) is 36.5 Å². The molecule has 2 aliphatic heterocycles. The van der Waals surface area contributed by atoms with Gasteiger partial charge in [0.25, 0.3) is 0 Å². The molecule has 2 rings (SSSR count). The zero-order valence-electron chi connectivity index (χ0n) is 39.5. The summed E-state index contributed by atoms with van der Waals surface area (Å²) in [4.78, 5) is 12.3. The van der Waals surface area contributed by atoms with Crippen LogP contribution in [-0.4, -0.2) is 140 Å². The van der Waals surface area contributed by atoms with E-state index >= 15 is 0 Å². The molecule has 374 valence electrons. The number of carbonyl (C=O) groups excluding carboxylic acids is 1. The van der Waals surface area contributed by atoms with Crippen LogP contribution >= 0.6 is 0 Å². The average Bonchev–Trinajstić information content (AvgIpc) is 3.30. The van der Waals surface area contributed by atoms with Gasteiger partial charge in [0, 0.05) is 6.42 Å². The van der Waals surface area contributed by atoms with E-state index < -0.39 is 86.8 Å². The molecule has 0 saturated carbocycles. The van der Waals surface area contributed by atoms with E-state index in [1.54, 1.807) is 13.0 Å². The molecule has 2 saturated heterocycles. The Morgan fingerprint density at radius 1 is 0.547 bits per heavy atom. The molecule has 0 aromatic carbocycles. The molecule has 14 heteroatoms. The van der Waals surface area contributed by atoms with Gasteiger partial charge in [0.15, 0.2) is 12.6 Å². The van der Waals surface area contributed by atoms with Crippen molar-refractivity contribution in [2.45, 2.75) is 254 Å². The molecule has 12 atom stereocenters. The first-order valence-corrected chi connectivity index (χ1v) is 25.2. The summed E-state index contributed by atoms with van der Waals surface area (Å²) in [5.41, 5.74) is 0. The molecule has 64 heavy (non-hydrogen) atoms. The highest BCUT2D eigenvalue weighted by Crippen LogP contribution is 2.30. The van der Waals surface area contributed by atoms with Gasteiger partial charge < -0.3 is 65.1 Å². The summed E-state index contributed by atoms with van der Waals surface area (Å²) in [6, 6.07) is -0.932. The molecule has 9 N–H and O–H groups in total. The van der Waals surface area contributed by atoms with Crippen LogP contribution in [0.4, 0.5) is 0 Å². The summed E-state index contributed by atoms with van der Waals surface area (Å²) in [7, 11) is 0. The van der Waals surface area contributed by atoms with Gasteiger partial charge in [-0.2, -0.15) is 0 Å². The first-order valence-electron chi connectivity index (χ1n) is 25.2. The number of aliphatic hydroxyl groups is 8. The van der Waals surface area contributed by atoms with Crippen molar-refractivity contribution in [2.24, 2.45) is 0 Å². The molecule has 14 nitrogen and oxygen atoms in total. The number of ether oxygens (including phenoxy) is 4. The van der Waals surface area contributed by atoms with E-state index in [9.17, 15) is 45.6 Å². The molecular formula is C50H91NO13. The maximum Gasteiger partial charge on any atom is 0.220 e. The summed E-state index contributed by atoms with van der Waals surface area (Å²) in [5, 5.41) is 85.3. The van der Waals surface area contributed by atoms with Crippen LogP contribution in [0.25, 0.3) is 0 Å². The van der Waals surface area contributed by atoms with Crippen molar-refractivity contribution in [3.63, 3.8) is 0 Å². The van der Waals surface area contributed by atoms with Gasteiger partial charge in [-0.25, -0.2) is 0 Å². The first-order chi connectivity index (χ1) is 31.1. The largest absolute Gasteiger partial charge is 0.394 e. The Balaban J connectivity index is 1.55. The summed E-state index contributed by atoms with van der Waals surface area (Å²) >= 11 is 0. The van der Waals surface area contributed by atoms with Gasteiger partial charge in [-0.1, -0.05) is 172 Å². The predicted molar refractivity (Wildman–Crippen MR) is 249 cm³/mol. The number of unbranched alkanes of at least 4 members (excludes halogenated alkanes) is 22. The molecule has 1 amide bonds. The number of amides is 1. The quantitative estimate of drug-likeness (QED) is 0.0244. The highest BCUT2D eigenvalue weighted by molar-refractivity contribution is 5.75. The van der Waals surface area contributed by atoms with Crippen molar-refractivity contribution in [1.29, 1.82) is 0 Å². The van der Waals surface area contributed by atoms with Gasteiger partial charge in [0.1, 0.15) is 48.8 Å². The average molecular weight is 914 g/mol. The number of nitrogens with one attached hydrogen (secondary N) is 1. The molecule has 0 aliphatic carbocycles. The van der Waals surface area contributed by atoms with Crippen LogP contribution in [0.3, 0.4) is 0 Å². The van der Waals surface area contributed by atoms with E-state index in [1.165, 1.54) is 128 Å². The molecule has 2 fully saturated rings. The molecule has 2 heterocycles. The summed E-state index contributed by atoms with van der Waals surface area (Å²) in [6.45, 7) is 2.19. The van der Waals surface area contributed by atoms with Gasteiger partial charge in [0.05, 0.1) is 32.0 Å². The van der Waals surface area contributed by atoms with E-state index in [0.29, 0.717) is 6.42 Å². The van der Waals surface area contributed by atoms with E-state index in [4.69, 9.17) is 18.9 Å². The molecule has 0 radical (unpaired) electrons. The lowest BCUT2D eigenvalue weighted by Gasteiger charge is -2.46. The van der Waals surface area contributed by atoms with Gasteiger partial charge in [-0.05, 0) is 38.5 Å². The van der Waals surface area contributed by atoms with E-state index in [0.717, 1.165) is 25.7 Å². The maximum atomic E-state index is 12.3. The number of allylic oxidation sites excluding steroid dienone is 5. The fourth-order valence-electron chi connectivity index (χ4n) is 8.17. The fraction of sp³-hybridized carbons (Fsp3) is 0.860. The van der Waals surface area contributed by atoms with Gasteiger partial charge in [0.2, 0.25) is 5.91 Å². The zero-order valence-corrected chi connectivity index (χ0v) is 39.5. The SMILES string of the molecule is CCCCCCCCCCCCCCCCCCCCCC/C=C/CC/C=C/CC/C=C/C(O)C(COC1OC(CO)C(OC2OC(CO)C(O)C(O)C2O)C(O)C1O)NC(=O)CC. The second kappa shape index (κ2) is 37.2. The van der Waals surface area contributed by atoms with Crippen LogP contribution in [0.15, 0.2) is 36.5 Å². The minimum Gasteiger partial charge on any atom is -0.394 e. The third-order valence-corrected chi connectivity index (χ3v) is 12.4. The molecule has 0 aromatic heterocycles. The van der Waals surface area contributed by atoms with Gasteiger partial charge in [-0.15, -0.1) is 0 Å². The minimum absolute atomic E-state index is 0.150. The van der Waals surface area contributed by atoms with Crippen molar-refractivity contribution in [2.75, 3.05) is 19.8 Å². The molecule has 2 aliphatic rings. The lowest BCUT2D eigenvalue weighted by Crippen LogP contribution is -2.65. The Kier molecular flexibility index (Phi) is 33.9. The monoisotopic (exact) mass is 914 g/mol. The van der Waals surface area contributed by atoms with Crippen molar-refractivity contribution >= 4 is 5.91 Å². The number of aliphatic hydroxyl groups excluding tert-OH is 8. The number of hydrogen-bond donors (Lipinski definition) is 9. The normalized spacial score (nSPS) is 27.5. The van der Waals surface area contributed by atoms with Crippen molar-refractivity contribution in [3.05, 3.63) is 36.5 Å². The van der Waals surface area contributed by atoms with Gasteiger partial charge >= 0.3 is 0 Å². The lowest BCUT2D eigenvalue weighted by atomic mass is 9.97. The van der Waals surface area contributed by atoms with Gasteiger partial charge in [-0.3, -0.25) is 4.79 Å². The highest BCUT2D eigenvalue weighted by atomic mass is 16.7. The maximum absolute atomic E-state index is 12.3. The third kappa shape index (κ3) is 24.3. The molecule has 12 unspecified atom stereocenters. The van der Waals surface area contributed by atoms with Crippen molar-refractivity contribution < 1.29 is 64.6 Å². The van der Waals surface area contributed by atoms with Crippen LogP contribution in [0, 0.1) is 0 Å². The zero-order chi connectivity index (χ0) is 46.8. The topological polar surface area (TPSA) is 228 Å². The standard InChI is InChI=1S/C50H91NO13/c1-3-5-6-7-8-9-10-11-12-13-14-15-16-17-18-19-20-21-22-23-24-25-26-27-28-29-30-31-32-33-34-39(54)38(51-42(55)4-2)37-61-49-47(60)45(58)48(41(36-53)63-49)64-50-46(59)44(57)43(56)40(35-52)62-50/h25-26,29-30,33-34,38-41,43-50,52-54,56-60H,3-24,27-28,31-32,35-37H2,1-2H3,(H,51,55)/b26-25+,30-29+,34-33+. The Morgan fingerprint density at radius 3 is 1.47 bits per heavy atom. The van der Waals surface area contributed by atoms with Crippen LogP contribution in [-0.2, 0) is 23.7 Å². The summed E-state index contributed by atoms with van der Waals surface area (Å²) in [6.07, 6.45) is 27.8. The number of carbonyl (C=O) groups is 1. The molecule has 0 aromatic rings. The summed E-state index contributed by atoms with van der Waals surface area (Å²) < 4.78 is 22.3. The lowest BCUT2D eigenvalue weighted by molar-refractivity contribution is -0.359. The van der Waals surface area contributed by atoms with Crippen molar-refractivity contribution in [3.8, 4) is 0 Å².